The molecular weight excluding hydrogens is 223 g/mol. The molecule has 0 radical (unpaired) electrons. The maximum absolute atomic E-state index is 12.4. The van der Waals surface area contributed by atoms with Gasteiger partial charge in [-0.1, -0.05) is 36.6 Å². The molecule has 0 saturated carbocycles. The Kier molecular flexibility index (Phi) is 4.56. The van der Waals surface area contributed by atoms with Crippen LogP contribution in [0.5, 0.6) is 0 Å². The van der Waals surface area contributed by atoms with Crippen molar-refractivity contribution < 1.29 is 15.9 Å². The third-order valence-corrected chi connectivity index (χ3v) is 8.53. The van der Waals surface area contributed by atoms with Crippen LogP contribution in [0.3, 0.4) is 0 Å². The summed E-state index contributed by atoms with van der Waals surface area (Å²) in [4.78, 5) is 0. The van der Waals surface area contributed by atoms with Crippen molar-refractivity contribution in [1.82, 2.24) is 0 Å². The van der Waals surface area contributed by atoms with Gasteiger partial charge in [0.05, 0.1) is 9.30 Å². The Morgan fingerprint density at radius 2 is 1.92 bits per heavy atom. The molecule has 0 unspecified atom stereocenters. The second-order valence-corrected chi connectivity index (χ2v) is 9.84. The van der Waals surface area contributed by atoms with Gasteiger partial charge in [0.25, 0.3) is 0 Å². The highest BCUT2D eigenvalue weighted by Gasteiger charge is 2.22. The van der Waals surface area contributed by atoms with E-state index in [4.69, 9.17) is 11.4 Å². The molecule has 0 aromatic heterocycles. The molecule has 0 amide bonds. The lowest BCUT2D eigenvalue weighted by Gasteiger charge is -2.14. The summed E-state index contributed by atoms with van der Waals surface area (Å²) in [6.45, 7) is -2.02. The number of rotatable bonds is 8. The van der Waals surface area contributed by atoms with Gasteiger partial charge in [0, 0.05) is 15.6 Å². The van der Waals surface area contributed by atoms with Gasteiger partial charge in [-0.3, -0.25) is 4.57 Å². The summed E-state index contributed by atoms with van der Waals surface area (Å²) in [5.74, 6) is -2.28. The zero-order chi connectivity index (χ0) is 14.4. The molecule has 0 rings (SSSR count). The smallest absolute Gasteiger partial charge is 0.313 e. The number of hydrogen-bond acceptors (Lipinski definition) is 4. The molecule has 0 heterocycles. The average Bonchev–Trinajstić information content (AvgIpc) is 2.21. The molecule has 5 heteroatoms. The first-order chi connectivity index (χ1) is 8.08. The minimum absolute atomic E-state index is 0.547. The Balaban J connectivity index is 4.83. The fourth-order valence-electron chi connectivity index (χ4n) is 0.552. The van der Waals surface area contributed by atoms with E-state index in [-0.39, 0.29) is 0 Å². The molecule has 0 aliphatic heterocycles. The van der Waals surface area contributed by atoms with Crippen molar-refractivity contribution in [2.24, 2.45) is 0 Å². The molecule has 0 aromatic carbocycles. The van der Waals surface area contributed by atoms with E-state index in [2.05, 4.69) is 0 Å². The normalized spacial score (nSPS) is 19.7. The number of hydrogen-bond donors (Lipinski definition) is 0. The standard InChI is InChI=1S/C8H19O2PS2/c1-4-7-12-11(9,10-6-3)13-8-5-2/h4-8H2,1-3H3/i3D3,6D2. The van der Waals surface area contributed by atoms with Gasteiger partial charge in [0.1, 0.15) is 0 Å². The summed E-state index contributed by atoms with van der Waals surface area (Å²) in [5.41, 5.74) is 0. The largest absolute Gasteiger partial charge is 0.314 e. The summed E-state index contributed by atoms with van der Waals surface area (Å²) in [6.07, 6.45) is 1.53. The van der Waals surface area contributed by atoms with Gasteiger partial charge >= 0.3 is 5.77 Å². The van der Waals surface area contributed by atoms with Crippen molar-refractivity contribution >= 4 is 28.5 Å². The molecule has 2 nitrogen and oxygen atoms in total. The predicted octanol–water partition coefficient (Wildman–Crippen LogP) is 4.42. The molecule has 0 spiro atoms. The quantitative estimate of drug-likeness (QED) is 0.593. The SMILES string of the molecule is [2H]C([2H])([2H])C([2H])([2H])OP(=O)(SCCC)SCCC. The Bertz CT molecular complexity index is 286. The molecule has 0 bridgehead atoms. The van der Waals surface area contributed by atoms with Crippen LogP contribution in [0.25, 0.3) is 0 Å². The molecule has 0 atom stereocenters. The van der Waals surface area contributed by atoms with Crippen molar-refractivity contribution in [3.63, 3.8) is 0 Å². The van der Waals surface area contributed by atoms with E-state index < -0.39 is 19.2 Å². The predicted molar refractivity (Wildman–Crippen MR) is 64.7 cm³/mol. The van der Waals surface area contributed by atoms with E-state index >= 15 is 0 Å². The summed E-state index contributed by atoms with van der Waals surface area (Å²) >= 11 is 2.03. The first kappa shape index (κ1) is 7.21. The van der Waals surface area contributed by atoms with Gasteiger partial charge in [0.15, 0.2) is 0 Å². The van der Waals surface area contributed by atoms with Crippen molar-refractivity contribution in [3.05, 3.63) is 0 Å². The van der Waals surface area contributed by atoms with Crippen LogP contribution in [0.4, 0.5) is 0 Å². The fourth-order valence-corrected chi connectivity index (χ4v) is 6.87. The fraction of sp³-hybridized carbons (Fsp3) is 1.00. The third-order valence-electron chi connectivity index (χ3n) is 1.06. The third kappa shape index (κ3) is 6.89. The topological polar surface area (TPSA) is 26.3 Å². The Morgan fingerprint density at radius 3 is 2.31 bits per heavy atom. The van der Waals surface area contributed by atoms with E-state index in [9.17, 15) is 4.57 Å². The van der Waals surface area contributed by atoms with Gasteiger partial charge in [-0.15, -0.1) is 0 Å². The van der Waals surface area contributed by atoms with Crippen molar-refractivity contribution in [1.29, 1.82) is 0 Å². The highest BCUT2D eigenvalue weighted by Crippen LogP contribution is 2.69. The summed E-state index contributed by atoms with van der Waals surface area (Å²) in [7, 11) is 0. The lowest BCUT2D eigenvalue weighted by Crippen LogP contribution is -1.85. The van der Waals surface area contributed by atoms with Crippen LogP contribution in [0.15, 0.2) is 0 Å². The van der Waals surface area contributed by atoms with Gasteiger partial charge in [-0.05, 0) is 19.7 Å². The van der Waals surface area contributed by atoms with Gasteiger partial charge in [0.2, 0.25) is 0 Å². The maximum atomic E-state index is 12.4. The molecule has 0 N–H and O–H groups in total. The second kappa shape index (κ2) is 8.22. The van der Waals surface area contributed by atoms with Crippen molar-refractivity contribution in [3.8, 4) is 0 Å². The van der Waals surface area contributed by atoms with Gasteiger partial charge in [-0.25, -0.2) is 0 Å². The first-order valence-electron chi connectivity index (χ1n) is 6.68. The van der Waals surface area contributed by atoms with Crippen LogP contribution >= 0.6 is 28.5 Å². The molecule has 80 valence electrons. The molecule has 0 aliphatic carbocycles. The van der Waals surface area contributed by atoms with Gasteiger partial charge < -0.3 is 4.52 Å². The average molecular weight is 247 g/mol. The van der Waals surface area contributed by atoms with Crippen LogP contribution in [-0.2, 0) is 9.09 Å². The van der Waals surface area contributed by atoms with E-state index in [1.54, 1.807) is 0 Å². The lowest BCUT2D eigenvalue weighted by atomic mass is 10.6. The van der Waals surface area contributed by atoms with Gasteiger partial charge in [-0.2, -0.15) is 0 Å². The Labute approximate surface area is 96.6 Å². The zero-order valence-corrected chi connectivity index (χ0v) is 10.4. The van der Waals surface area contributed by atoms with E-state index in [1.165, 1.54) is 0 Å². The summed E-state index contributed by atoms with van der Waals surface area (Å²) in [5, 5.41) is 0. The molecule has 13 heavy (non-hydrogen) atoms. The van der Waals surface area contributed by atoms with E-state index in [0.717, 1.165) is 35.6 Å². The van der Waals surface area contributed by atoms with E-state index in [1.807, 2.05) is 13.8 Å². The second-order valence-electron chi connectivity index (χ2n) is 2.31. The minimum atomic E-state index is -3.37. The van der Waals surface area contributed by atoms with E-state index in [0.29, 0.717) is 11.5 Å². The molecule has 0 aromatic rings. The Morgan fingerprint density at radius 1 is 1.38 bits per heavy atom. The van der Waals surface area contributed by atoms with Crippen molar-refractivity contribution in [2.75, 3.05) is 18.1 Å². The summed E-state index contributed by atoms with van der Waals surface area (Å²) in [6, 6.07) is 0. The van der Waals surface area contributed by atoms with Crippen LogP contribution < -0.4 is 0 Å². The molecule has 0 aliphatic rings. The van der Waals surface area contributed by atoms with Crippen LogP contribution in [-0.4, -0.2) is 18.1 Å². The Hall–Kier alpha value is 0.890. The zero-order valence-electron chi connectivity index (χ0n) is 12.9. The molecular formula is C8H19O2PS2. The van der Waals surface area contributed by atoms with Crippen LogP contribution in [0.1, 0.15) is 40.4 Å². The van der Waals surface area contributed by atoms with Crippen LogP contribution in [0.2, 0.25) is 0 Å². The first-order valence-corrected chi connectivity index (χ1v) is 8.98. The highest BCUT2D eigenvalue weighted by atomic mass is 33.1. The summed E-state index contributed by atoms with van der Waals surface area (Å²) < 4.78 is 53.2. The maximum Gasteiger partial charge on any atom is 0.313 e. The highest BCUT2D eigenvalue weighted by molar-refractivity contribution is 8.89. The monoisotopic (exact) mass is 247 g/mol. The lowest BCUT2D eigenvalue weighted by molar-refractivity contribution is 0.357. The van der Waals surface area contributed by atoms with Crippen LogP contribution in [0, 0.1) is 0 Å². The molecule has 0 saturated heterocycles. The minimum Gasteiger partial charge on any atom is -0.314 e. The molecule has 0 fully saturated rings. The van der Waals surface area contributed by atoms with Crippen molar-refractivity contribution in [2.45, 2.75) is 33.5 Å².